The summed E-state index contributed by atoms with van der Waals surface area (Å²) in [6.07, 6.45) is 0. The summed E-state index contributed by atoms with van der Waals surface area (Å²) in [6.45, 7) is 4.18. The highest BCUT2D eigenvalue weighted by atomic mass is 35.5. The second-order valence-corrected chi connectivity index (χ2v) is 5.51. The molecule has 0 saturated heterocycles. The molecule has 2 aromatic rings. The lowest BCUT2D eigenvalue weighted by Gasteiger charge is -2.15. The number of methoxy groups -OCH3 is 1. The van der Waals surface area contributed by atoms with E-state index in [1.54, 1.807) is 24.5 Å². The van der Waals surface area contributed by atoms with E-state index in [1.165, 1.54) is 0 Å². The predicted molar refractivity (Wildman–Crippen MR) is 84.0 cm³/mol. The van der Waals surface area contributed by atoms with Gasteiger partial charge in [0.2, 0.25) is 0 Å². The molecular formula is C15H18ClNO2S. The molecule has 1 aromatic carbocycles. The SMILES string of the molecule is CCNCc1cc(Cl)cc(OC)c1OCc1ccsc1. The molecule has 0 spiro atoms. The van der Waals surface area contributed by atoms with Gasteiger partial charge in [0.15, 0.2) is 11.5 Å². The average Bonchev–Trinajstić information content (AvgIpc) is 2.96. The normalized spacial score (nSPS) is 10.6. The van der Waals surface area contributed by atoms with Gasteiger partial charge in [0.25, 0.3) is 0 Å². The second kappa shape index (κ2) is 7.53. The topological polar surface area (TPSA) is 30.5 Å². The lowest BCUT2D eigenvalue weighted by molar-refractivity contribution is 0.281. The van der Waals surface area contributed by atoms with Gasteiger partial charge in [0.05, 0.1) is 7.11 Å². The Balaban J connectivity index is 2.22. The van der Waals surface area contributed by atoms with Crippen molar-refractivity contribution in [2.75, 3.05) is 13.7 Å². The Kier molecular flexibility index (Phi) is 5.71. The number of rotatable bonds is 7. The first-order valence-corrected chi connectivity index (χ1v) is 7.77. The minimum absolute atomic E-state index is 0.528. The molecule has 0 aliphatic carbocycles. The maximum atomic E-state index is 6.12. The Morgan fingerprint density at radius 3 is 2.85 bits per heavy atom. The van der Waals surface area contributed by atoms with Crippen LogP contribution < -0.4 is 14.8 Å². The van der Waals surface area contributed by atoms with Gasteiger partial charge in [-0.1, -0.05) is 18.5 Å². The molecular weight excluding hydrogens is 294 g/mol. The zero-order valence-electron chi connectivity index (χ0n) is 11.6. The standard InChI is InChI=1S/C15H18ClNO2S/c1-3-17-8-12-6-13(16)7-14(18-2)15(12)19-9-11-4-5-20-10-11/h4-7,10,17H,3,8-9H2,1-2H3. The first-order valence-electron chi connectivity index (χ1n) is 6.45. The third-order valence-electron chi connectivity index (χ3n) is 2.85. The molecule has 0 atom stereocenters. The summed E-state index contributed by atoms with van der Waals surface area (Å²) >= 11 is 7.78. The van der Waals surface area contributed by atoms with E-state index >= 15 is 0 Å². The van der Waals surface area contributed by atoms with Crippen LogP contribution in [-0.2, 0) is 13.2 Å². The number of nitrogens with one attached hydrogen (secondary N) is 1. The fraction of sp³-hybridized carbons (Fsp3) is 0.333. The number of hydrogen-bond acceptors (Lipinski definition) is 4. The Labute approximate surface area is 128 Å². The van der Waals surface area contributed by atoms with Gasteiger partial charge in [-0.15, -0.1) is 0 Å². The van der Waals surface area contributed by atoms with Crippen LogP contribution in [0.2, 0.25) is 5.02 Å². The Morgan fingerprint density at radius 2 is 2.20 bits per heavy atom. The molecule has 20 heavy (non-hydrogen) atoms. The summed E-state index contributed by atoms with van der Waals surface area (Å²) in [5, 5.41) is 8.05. The number of hydrogen-bond donors (Lipinski definition) is 1. The smallest absolute Gasteiger partial charge is 0.166 e. The van der Waals surface area contributed by atoms with E-state index < -0.39 is 0 Å². The molecule has 108 valence electrons. The van der Waals surface area contributed by atoms with E-state index in [2.05, 4.69) is 23.7 Å². The van der Waals surface area contributed by atoms with Crippen molar-refractivity contribution in [2.45, 2.75) is 20.1 Å². The molecule has 0 aliphatic heterocycles. The molecule has 5 heteroatoms. The quantitative estimate of drug-likeness (QED) is 0.835. The van der Waals surface area contributed by atoms with E-state index in [9.17, 15) is 0 Å². The van der Waals surface area contributed by atoms with Gasteiger partial charge in [0.1, 0.15) is 6.61 Å². The lowest BCUT2D eigenvalue weighted by atomic mass is 10.1. The van der Waals surface area contributed by atoms with Crippen molar-refractivity contribution in [1.82, 2.24) is 5.32 Å². The van der Waals surface area contributed by atoms with Crippen LogP contribution in [0.15, 0.2) is 29.0 Å². The highest BCUT2D eigenvalue weighted by Gasteiger charge is 2.13. The molecule has 0 saturated carbocycles. The van der Waals surface area contributed by atoms with Crippen LogP contribution in [0.3, 0.4) is 0 Å². The maximum absolute atomic E-state index is 6.12. The Morgan fingerprint density at radius 1 is 1.35 bits per heavy atom. The van der Waals surface area contributed by atoms with Crippen molar-refractivity contribution in [3.05, 3.63) is 45.1 Å². The Bertz CT molecular complexity index is 543. The molecule has 0 aliphatic rings. The summed E-state index contributed by atoms with van der Waals surface area (Å²) in [5.41, 5.74) is 2.16. The summed E-state index contributed by atoms with van der Waals surface area (Å²) in [4.78, 5) is 0. The first kappa shape index (κ1) is 15.2. The second-order valence-electron chi connectivity index (χ2n) is 4.30. The van der Waals surface area contributed by atoms with Gasteiger partial charge in [-0.3, -0.25) is 0 Å². The third-order valence-corrected chi connectivity index (χ3v) is 3.80. The van der Waals surface area contributed by atoms with Crippen LogP contribution in [0.5, 0.6) is 11.5 Å². The predicted octanol–water partition coefficient (Wildman–Crippen LogP) is 4.10. The van der Waals surface area contributed by atoms with Crippen molar-refractivity contribution in [3.63, 3.8) is 0 Å². The summed E-state index contributed by atoms with van der Waals surface area (Å²) in [6, 6.07) is 5.74. The van der Waals surface area contributed by atoms with Crippen molar-refractivity contribution in [3.8, 4) is 11.5 Å². The average molecular weight is 312 g/mol. The molecule has 0 unspecified atom stereocenters. The molecule has 3 nitrogen and oxygen atoms in total. The number of ether oxygens (including phenoxy) is 2. The zero-order chi connectivity index (χ0) is 14.4. The summed E-state index contributed by atoms with van der Waals surface area (Å²) < 4.78 is 11.3. The molecule has 0 fully saturated rings. The van der Waals surface area contributed by atoms with Crippen molar-refractivity contribution < 1.29 is 9.47 Å². The molecule has 1 aromatic heterocycles. The van der Waals surface area contributed by atoms with E-state index in [1.807, 2.05) is 11.4 Å². The summed E-state index contributed by atoms with van der Waals surface area (Å²) in [7, 11) is 1.63. The van der Waals surface area contributed by atoms with Crippen molar-refractivity contribution in [1.29, 1.82) is 0 Å². The van der Waals surface area contributed by atoms with E-state index in [0.29, 0.717) is 23.9 Å². The van der Waals surface area contributed by atoms with Crippen LogP contribution in [0.1, 0.15) is 18.1 Å². The van der Waals surface area contributed by atoms with Crippen LogP contribution in [0.25, 0.3) is 0 Å². The first-order chi connectivity index (χ1) is 9.74. The molecule has 0 amide bonds. The van der Waals surface area contributed by atoms with Crippen LogP contribution >= 0.6 is 22.9 Å². The maximum Gasteiger partial charge on any atom is 0.166 e. The summed E-state index contributed by atoms with van der Waals surface area (Å²) in [5.74, 6) is 1.42. The van der Waals surface area contributed by atoms with Crippen LogP contribution in [0, 0.1) is 0 Å². The van der Waals surface area contributed by atoms with Gasteiger partial charge in [-0.05, 0) is 35.0 Å². The van der Waals surface area contributed by atoms with E-state index in [4.69, 9.17) is 21.1 Å². The van der Waals surface area contributed by atoms with Crippen molar-refractivity contribution >= 4 is 22.9 Å². The molecule has 1 heterocycles. The molecule has 1 N–H and O–H groups in total. The minimum atomic E-state index is 0.528. The van der Waals surface area contributed by atoms with E-state index in [0.717, 1.165) is 23.4 Å². The molecule has 2 rings (SSSR count). The van der Waals surface area contributed by atoms with Crippen molar-refractivity contribution in [2.24, 2.45) is 0 Å². The van der Waals surface area contributed by atoms with Gasteiger partial charge in [0, 0.05) is 23.2 Å². The Hall–Kier alpha value is -1.23. The van der Waals surface area contributed by atoms with Crippen LogP contribution in [0.4, 0.5) is 0 Å². The fourth-order valence-electron chi connectivity index (χ4n) is 1.86. The number of thiophene rings is 1. The number of benzene rings is 1. The van der Waals surface area contributed by atoms with Gasteiger partial charge in [-0.25, -0.2) is 0 Å². The zero-order valence-corrected chi connectivity index (χ0v) is 13.2. The monoisotopic (exact) mass is 311 g/mol. The lowest BCUT2D eigenvalue weighted by Crippen LogP contribution is -2.13. The highest BCUT2D eigenvalue weighted by molar-refractivity contribution is 7.07. The number of halogens is 1. The van der Waals surface area contributed by atoms with Gasteiger partial charge < -0.3 is 14.8 Å². The minimum Gasteiger partial charge on any atom is -0.493 e. The molecule has 0 bridgehead atoms. The van der Waals surface area contributed by atoms with E-state index in [-0.39, 0.29) is 0 Å². The fourth-order valence-corrected chi connectivity index (χ4v) is 2.74. The van der Waals surface area contributed by atoms with Gasteiger partial charge >= 0.3 is 0 Å². The largest absolute Gasteiger partial charge is 0.493 e. The highest BCUT2D eigenvalue weighted by Crippen LogP contribution is 2.35. The third kappa shape index (κ3) is 3.88. The molecule has 0 radical (unpaired) electrons. The van der Waals surface area contributed by atoms with Crippen LogP contribution in [-0.4, -0.2) is 13.7 Å². The van der Waals surface area contributed by atoms with Gasteiger partial charge in [-0.2, -0.15) is 11.3 Å².